The van der Waals surface area contributed by atoms with Crippen molar-refractivity contribution in [3.8, 4) is 0 Å². The van der Waals surface area contributed by atoms with Gasteiger partial charge in [0.1, 0.15) is 0 Å². The average molecular weight is 198 g/mol. The van der Waals surface area contributed by atoms with Crippen LogP contribution >= 0.6 is 0 Å². The molecule has 0 aliphatic heterocycles. The van der Waals surface area contributed by atoms with Gasteiger partial charge in [-0.1, -0.05) is 18.2 Å². The molecule has 2 rings (SSSR count). The third-order valence-electron chi connectivity index (χ3n) is 2.29. The van der Waals surface area contributed by atoms with Crippen LogP contribution in [-0.2, 0) is 6.54 Å². The Bertz CT molecular complexity index is 463. The van der Waals surface area contributed by atoms with Crippen molar-refractivity contribution in [2.45, 2.75) is 6.54 Å². The van der Waals surface area contributed by atoms with Crippen LogP contribution < -0.4 is 5.32 Å². The highest BCUT2D eigenvalue weighted by atomic mass is 14.8. The lowest BCUT2D eigenvalue weighted by atomic mass is 10.1. The molecule has 0 fully saturated rings. The summed E-state index contributed by atoms with van der Waals surface area (Å²) >= 11 is 0. The van der Waals surface area contributed by atoms with Gasteiger partial charge in [0.2, 0.25) is 0 Å². The van der Waals surface area contributed by atoms with Gasteiger partial charge >= 0.3 is 0 Å². The Morgan fingerprint density at radius 3 is 3.13 bits per heavy atom. The summed E-state index contributed by atoms with van der Waals surface area (Å²) < 4.78 is 0. The smallest absolute Gasteiger partial charge is 0.0702 e. The molecule has 0 spiro atoms. The van der Waals surface area contributed by atoms with Crippen LogP contribution in [0.5, 0.6) is 0 Å². The molecule has 1 heterocycles. The van der Waals surface area contributed by atoms with Gasteiger partial charge in [-0.05, 0) is 23.8 Å². The summed E-state index contributed by atoms with van der Waals surface area (Å²) in [6.07, 6.45) is 3.68. The van der Waals surface area contributed by atoms with E-state index in [1.807, 2.05) is 18.3 Å². The molecule has 0 aliphatic rings. The standard InChI is InChI=1S/C13H14N2/c1-2-7-14-10-11-5-6-13-12(9-11)4-3-8-15-13/h2-6,8-9,14H,1,7,10H2. The molecule has 0 amide bonds. The number of nitrogens with zero attached hydrogens (tertiary/aromatic N) is 1. The predicted octanol–water partition coefficient (Wildman–Crippen LogP) is 2.51. The van der Waals surface area contributed by atoms with Crippen molar-refractivity contribution in [1.29, 1.82) is 0 Å². The molecular formula is C13H14N2. The van der Waals surface area contributed by atoms with Gasteiger partial charge in [-0.3, -0.25) is 4.98 Å². The summed E-state index contributed by atoms with van der Waals surface area (Å²) in [4.78, 5) is 4.28. The van der Waals surface area contributed by atoms with Crippen molar-refractivity contribution < 1.29 is 0 Å². The van der Waals surface area contributed by atoms with Crippen molar-refractivity contribution >= 4 is 10.9 Å². The van der Waals surface area contributed by atoms with Gasteiger partial charge < -0.3 is 5.32 Å². The van der Waals surface area contributed by atoms with Crippen LogP contribution in [-0.4, -0.2) is 11.5 Å². The van der Waals surface area contributed by atoms with Crippen LogP contribution in [0.2, 0.25) is 0 Å². The molecule has 1 aromatic heterocycles. The first-order chi connectivity index (χ1) is 7.40. The third-order valence-corrected chi connectivity index (χ3v) is 2.29. The van der Waals surface area contributed by atoms with Gasteiger partial charge in [0.05, 0.1) is 5.52 Å². The maximum absolute atomic E-state index is 4.28. The quantitative estimate of drug-likeness (QED) is 0.603. The topological polar surface area (TPSA) is 24.9 Å². The average Bonchev–Trinajstić information content (AvgIpc) is 2.29. The number of rotatable bonds is 4. The minimum atomic E-state index is 0.838. The Labute approximate surface area is 89.7 Å². The summed E-state index contributed by atoms with van der Waals surface area (Å²) in [6.45, 7) is 5.38. The van der Waals surface area contributed by atoms with Gasteiger partial charge in [-0.25, -0.2) is 0 Å². The molecule has 0 atom stereocenters. The van der Waals surface area contributed by atoms with E-state index in [2.05, 4.69) is 41.1 Å². The maximum Gasteiger partial charge on any atom is 0.0702 e. The summed E-state index contributed by atoms with van der Waals surface area (Å²) in [5.41, 5.74) is 2.32. The van der Waals surface area contributed by atoms with E-state index in [1.54, 1.807) is 0 Å². The van der Waals surface area contributed by atoms with Gasteiger partial charge in [0, 0.05) is 24.7 Å². The molecule has 1 N–H and O–H groups in total. The van der Waals surface area contributed by atoms with Gasteiger partial charge in [-0.15, -0.1) is 6.58 Å². The highest BCUT2D eigenvalue weighted by Crippen LogP contribution is 2.12. The van der Waals surface area contributed by atoms with E-state index in [9.17, 15) is 0 Å². The first kappa shape index (κ1) is 9.87. The van der Waals surface area contributed by atoms with E-state index in [0.717, 1.165) is 18.6 Å². The van der Waals surface area contributed by atoms with E-state index in [1.165, 1.54) is 10.9 Å². The number of nitrogens with one attached hydrogen (secondary N) is 1. The lowest BCUT2D eigenvalue weighted by Gasteiger charge is -2.03. The second-order valence-corrected chi connectivity index (χ2v) is 3.45. The Kier molecular flexibility index (Phi) is 3.10. The molecule has 0 aliphatic carbocycles. The van der Waals surface area contributed by atoms with Crippen molar-refractivity contribution in [2.75, 3.05) is 6.54 Å². The number of pyridine rings is 1. The lowest BCUT2D eigenvalue weighted by molar-refractivity contribution is 0.761. The molecule has 76 valence electrons. The fourth-order valence-corrected chi connectivity index (χ4v) is 1.55. The molecule has 0 bridgehead atoms. The minimum Gasteiger partial charge on any atom is -0.309 e. The molecule has 2 aromatic rings. The second-order valence-electron chi connectivity index (χ2n) is 3.45. The van der Waals surface area contributed by atoms with Crippen LogP contribution in [0.25, 0.3) is 10.9 Å². The number of benzene rings is 1. The SMILES string of the molecule is C=CCNCc1ccc2ncccc2c1. The van der Waals surface area contributed by atoms with E-state index < -0.39 is 0 Å². The van der Waals surface area contributed by atoms with Gasteiger partial charge in [-0.2, -0.15) is 0 Å². The summed E-state index contributed by atoms with van der Waals surface area (Å²) in [6, 6.07) is 10.4. The number of hydrogen-bond acceptors (Lipinski definition) is 2. The second kappa shape index (κ2) is 4.71. The highest BCUT2D eigenvalue weighted by molar-refractivity contribution is 5.78. The molecule has 1 aromatic carbocycles. The van der Waals surface area contributed by atoms with Gasteiger partial charge in [0.15, 0.2) is 0 Å². The van der Waals surface area contributed by atoms with Gasteiger partial charge in [0.25, 0.3) is 0 Å². The zero-order valence-corrected chi connectivity index (χ0v) is 8.61. The zero-order chi connectivity index (χ0) is 10.5. The van der Waals surface area contributed by atoms with E-state index >= 15 is 0 Å². The normalized spacial score (nSPS) is 10.4. The van der Waals surface area contributed by atoms with Crippen LogP contribution in [0.15, 0.2) is 49.2 Å². The van der Waals surface area contributed by atoms with E-state index in [4.69, 9.17) is 0 Å². The van der Waals surface area contributed by atoms with E-state index in [-0.39, 0.29) is 0 Å². The molecule has 0 unspecified atom stereocenters. The first-order valence-electron chi connectivity index (χ1n) is 5.05. The van der Waals surface area contributed by atoms with Crippen LogP contribution in [0, 0.1) is 0 Å². The third kappa shape index (κ3) is 2.42. The monoisotopic (exact) mass is 198 g/mol. The fraction of sp³-hybridized carbons (Fsp3) is 0.154. The largest absolute Gasteiger partial charge is 0.309 e. The van der Waals surface area contributed by atoms with Crippen molar-refractivity contribution in [1.82, 2.24) is 10.3 Å². The summed E-state index contributed by atoms with van der Waals surface area (Å²) in [7, 11) is 0. The van der Waals surface area contributed by atoms with E-state index in [0.29, 0.717) is 0 Å². The Hall–Kier alpha value is -1.67. The Morgan fingerprint density at radius 1 is 1.33 bits per heavy atom. The fourth-order valence-electron chi connectivity index (χ4n) is 1.55. The molecule has 0 saturated heterocycles. The van der Waals surface area contributed by atoms with Crippen molar-refractivity contribution in [3.63, 3.8) is 0 Å². The van der Waals surface area contributed by atoms with Crippen LogP contribution in [0.1, 0.15) is 5.56 Å². The zero-order valence-electron chi connectivity index (χ0n) is 8.61. The van der Waals surface area contributed by atoms with Crippen LogP contribution in [0.3, 0.4) is 0 Å². The van der Waals surface area contributed by atoms with Crippen LogP contribution in [0.4, 0.5) is 0 Å². The summed E-state index contributed by atoms with van der Waals surface area (Å²) in [5.74, 6) is 0. The molecule has 0 saturated carbocycles. The Morgan fingerprint density at radius 2 is 2.27 bits per heavy atom. The first-order valence-corrected chi connectivity index (χ1v) is 5.05. The molecule has 2 heteroatoms. The van der Waals surface area contributed by atoms with Crippen molar-refractivity contribution in [2.24, 2.45) is 0 Å². The summed E-state index contributed by atoms with van der Waals surface area (Å²) in [5, 5.41) is 4.47. The molecular weight excluding hydrogens is 184 g/mol. The number of aromatic nitrogens is 1. The highest BCUT2D eigenvalue weighted by Gasteiger charge is 1.95. The number of fused-ring (bicyclic) bond motifs is 1. The minimum absolute atomic E-state index is 0.838. The number of hydrogen-bond donors (Lipinski definition) is 1. The molecule has 0 radical (unpaired) electrons. The molecule has 15 heavy (non-hydrogen) atoms. The molecule has 2 nitrogen and oxygen atoms in total. The lowest BCUT2D eigenvalue weighted by Crippen LogP contribution is -2.12. The van der Waals surface area contributed by atoms with Crippen molar-refractivity contribution in [3.05, 3.63) is 54.7 Å². The Balaban J connectivity index is 2.19. The maximum atomic E-state index is 4.28. The predicted molar refractivity (Wildman–Crippen MR) is 63.6 cm³/mol.